The van der Waals surface area contributed by atoms with Gasteiger partial charge in [-0.15, -0.1) is 23.2 Å². The monoisotopic (exact) mass is 201 g/mol. The van der Waals surface area contributed by atoms with Crippen LogP contribution in [0.1, 0.15) is 0 Å². The van der Waals surface area contributed by atoms with Crippen molar-refractivity contribution in [1.82, 2.24) is 0 Å². The molecule has 0 radical (unpaired) electrons. The molecule has 0 amide bonds. The van der Waals surface area contributed by atoms with Gasteiger partial charge < -0.3 is 0 Å². The van der Waals surface area contributed by atoms with E-state index in [0.717, 1.165) is 0 Å². The minimum Gasteiger partial charge on any atom is -0.178 e. The fourth-order valence-corrected chi connectivity index (χ4v) is 1.32. The summed E-state index contributed by atoms with van der Waals surface area (Å²) in [7, 11) is 0. The minimum absolute atomic E-state index is 0.323. The Bertz CT molecular complexity index is 203. The first-order chi connectivity index (χ1) is 4.13. The molecule has 0 fully saturated rings. The van der Waals surface area contributed by atoms with Crippen LogP contribution in [0.5, 0.6) is 0 Å². The molecule has 9 heavy (non-hydrogen) atoms. The summed E-state index contributed by atoms with van der Waals surface area (Å²) in [5.74, 6) is 0. The second-order valence-electron chi connectivity index (χ2n) is 1.47. The largest absolute Gasteiger partial charge is 0.178 e. The first kappa shape index (κ1) is 7.62. The number of hydrogen-bond donors (Lipinski definition) is 0. The molecule has 0 aliphatic heterocycles. The molecule has 0 nitrogen and oxygen atoms in total. The van der Waals surface area contributed by atoms with Crippen LogP contribution in [-0.4, -0.2) is 0 Å². The predicted octanol–water partition coefficient (Wildman–Crippen LogP) is 4.02. The summed E-state index contributed by atoms with van der Waals surface area (Å²) in [4.78, 5) is 0. The van der Waals surface area contributed by atoms with Gasteiger partial charge in [0.1, 0.15) is 0 Å². The van der Waals surface area contributed by atoms with Crippen LogP contribution in [0.15, 0.2) is 6.07 Å². The molecule has 0 saturated carbocycles. The van der Waals surface area contributed by atoms with Crippen molar-refractivity contribution in [2.75, 3.05) is 0 Å². The van der Waals surface area contributed by atoms with Gasteiger partial charge in [0.15, 0.2) is 0 Å². The van der Waals surface area contributed by atoms with Crippen LogP contribution in [-0.2, 0) is 0 Å². The van der Waals surface area contributed by atoms with E-state index in [1.807, 2.05) is 0 Å². The Hall–Kier alpha value is 0.510. The molecule has 1 aromatic carbocycles. The van der Waals surface area contributed by atoms with Crippen molar-refractivity contribution in [3.63, 3.8) is 0 Å². The van der Waals surface area contributed by atoms with Crippen molar-refractivity contribution in [3.8, 4) is 0 Å². The topological polar surface area (TPSA) is 0 Å². The second kappa shape index (κ2) is 2.63. The van der Waals surface area contributed by atoms with Gasteiger partial charge in [-0.05, 0) is 10.0 Å². The average molecular weight is 203 g/mol. The van der Waals surface area contributed by atoms with Crippen LogP contribution in [0.25, 0.3) is 0 Å². The standard InChI is InChI=1S/C5HCl4/c6-2-1-3(7)5(9)4(2)8/h1H/q-1. The highest BCUT2D eigenvalue weighted by Crippen LogP contribution is 2.38. The Kier molecular flexibility index (Phi) is 2.23. The molecule has 0 spiro atoms. The smallest absolute Gasteiger partial charge is 0.0339 e. The molecular weight excluding hydrogens is 202 g/mol. The third-order valence-corrected chi connectivity index (χ3v) is 2.54. The van der Waals surface area contributed by atoms with E-state index in [9.17, 15) is 0 Å². The van der Waals surface area contributed by atoms with Crippen LogP contribution in [0.4, 0.5) is 0 Å². The molecule has 0 aliphatic rings. The SMILES string of the molecule is Clc1cc(Cl)[c-](Cl)c1Cl. The van der Waals surface area contributed by atoms with E-state index >= 15 is 0 Å². The molecule has 1 aromatic rings. The highest BCUT2D eigenvalue weighted by Gasteiger charge is 1.97. The lowest BCUT2D eigenvalue weighted by Gasteiger charge is -1.93. The molecule has 4 heteroatoms. The van der Waals surface area contributed by atoms with E-state index in [-0.39, 0.29) is 0 Å². The van der Waals surface area contributed by atoms with Gasteiger partial charge in [-0.25, -0.2) is 0 Å². The third-order valence-electron chi connectivity index (χ3n) is 0.866. The normalized spacial score (nSPS) is 10.2. The zero-order valence-electron chi connectivity index (χ0n) is 4.09. The average Bonchev–Trinajstić information content (AvgIpc) is 1.98. The Morgan fingerprint density at radius 1 is 1.22 bits per heavy atom. The van der Waals surface area contributed by atoms with Crippen LogP contribution >= 0.6 is 46.4 Å². The predicted molar refractivity (Wildman–Crippen MR) is 42.1 cm³/mol. The highest BCUT2D eigenvalue weighted by molar-refractivity contribution is 6.53. The molecule has 50 valence electrons. The number of hydrogen-bond acceptors (Lipinski definition) is 0. The fourth-order valence-electron chi connectivity index (χ4n) is 0.448. The summed E-state index contributed by atoms with van der Waals surface area (Å²) >= 11 is 22.2. The van der Waals surface area contributed by atoms with Gasteiger partial charge in [-0.2, -0.15) is 29.3 Å². The Morgan fingerprint density at radius 2 is 1.78 bits per heavy atom. The Labute approximate surface area is 72.6 Å². The first-order valence-electron chi connectivity index (χ1n) is 2.08. The fraction of sp³-hybridized carbons (Fsp3) is 0. The van der Waals surface area contributed by atoms with Gasteiger partial charge >= 0.3 is 0 Å². The van der Waals surface area contributed by atoms with Crippen LogP contribution in [0.3, 0.4) is 0 Å². The van der Waals surface area contributed by atoms with Crippen LogP contribution in [0, 0.1) is 0 Å². The van der Waals surface area contributed by atoms with Crippen molar-refractivity contribution < 1.29 is 0 Å². The van der Waals surface area contributed by atoms with Gasteiger partial charge in [0.2, 0.25) is 0 Å². The molecule has 0 heterocycles. The maximum Gasteiger partial charge on any atom is -0.0339 e. The summed E-state index contributed by atoms with van der Waals surface area (Å²) in [6, 6.07) is 1.51. The van der Waals surface area contributed by atoms with E-state index in [1.54, 1.807) is 0 Å². The maximum absolute atomic E-state index is 5.55. The van der Waals surface area contributed by atoms with Crippen LogP contribution < -0.4 is 0 Å². The van der Waals surface area contributed by atoms with Gasteiger partial charge in [-0.3, -0.25) is 0 Å². The summed E-state index contributed by atoms with van der Waals surface area (Å²) in [5.41, 5.74) is 0. The van der Waals surface area contributed by atoms with Gasteiger partial charge in [0.05, 0.1) is 0 Å². The lowest BCUT2D eigenvalue weighted by atomic mass is 10.7. The van der Waals surface area contributed by atoms with Crippen molar-refractivity contribution in [2.24, 2.45) is 0 Å². The van der Waals surface area contributed by atoms with E-state index in [1.165, 1.54) is 6.07 Å². The number of halogens is 4. The van der Waals surface area contributed by atoms with E-state index in [4.69, 9.17) is 46.4 Å². The molecule has 0 bridgehead atoms. The minimum atomic E-state index is 0.323. The molecule has 1 rings (SSSR count). The highest BCUT2D eigenvalue weighted by atomic mass is 35.5. The zero-order valence-corrected chi connectivity index (χ0v) is 7.11. The number of rotatable bonds is 0. The molecule has 0 unspecified atom stereocenters. The quantitative estimate of drug-likeness (QED) is 0.558. The Balaban J connectivity index is 3.29. The summed E-state index contributed by atoms with van der Waals surface area (Å²) in [5, 5.41) is 1.44. The molecule has 0 aromatic heterocycles. The molecule has 0 saturated heterocycles. The van der Waals surface area contributed by atoms with Gasteiger partial charge in [0.25, 0.3) is 0 Å². The van der Waals surface area contributed by atoms with Gasteiger partial charge in [0, 0.05) is 0 Å². The summed E-state index contributed by atoms with van der Waals surface area (Å²) in [6.07, 6.45) is 0. The second-order valence-corrected chi connectivity index (χ2v) is 3.04. The van der Waals surface area contributed by atoms with Gasteiger partial charge in [-0.1, -0.05) is 10.0 Å². The molecule has 0 aliphatic carbocycles. The lowest BCUT2D eigenvalue weighted by Crippen LogP contribution is -1.53. The third kappa shape index (κ3) is 1.32. The first-order valence-corrected chi connectivity index (χ1v) is 3.60. The van der Waals surface area contributed by atoms with E-state index in [2.05, 4.69) is 0 Å². The Morgan fingerprint density at radius 3 is 1.89 bits per heavy atom. The zero-order chi connectivity index (χ0) is 7.02. The maximum atomic E-state index is 5.55. The summed E-state index contributed by atoms with van der Waals surface area (Å²) < 4.78 is 0. The van der Waals surface area contributed by atoms with Crippen molar-refractivity contribution >= 4 is 46.4 Å². The van der Waals surface area contributed by atoms with E-state index < -0.39 is 0 Å². The van der Waals surface area contributed by atoms with Crippen molar-refractivity contribution in [3.05, 3.63) is 26.2 Å². The van der Waals surface area contributed by atoms with E-state index in [0.29, 0.717) is 20.1 Å². The van der Waals surface area contributed by atoms with Crippen molar-refractivity contribution in [2.45, 2.75) is 0 Å². The molecule has 0 N–H and O–H groups in total. The van der Waals surface area contributed by atoms with Crippen molar-refractivity contribution in [1.29, 1.82) is 0 Å². The molecule has 0 atom stereocenters. The summed E-state index contributed by atoms with van der Waals surface area (Å²) in [6.45, 7) is 0. The van der Waals surface area contributed by atoms with Crippen LogP contribution in [0.2, 0.25) is 20.1 Å². The molecular formula is C5HCl4-. The lowest BCUT2D eigenvalue weighted by molar-refractivity contribution is 1.99.